The summed E-state index contributed by atoms with van der Waals surface area (Å²) in [6.07, 6.45) is -1.02. The Hall–Kier alpha value is -0.970. The van der Waals surface area contributed by atoms with Crippen molar-refractivity contribution in [3.8, 4) is 0 Å². The molecule has 0 unspecified atom stereocenters. The topological polar surface area (TPSA) is 37.3 Å². The average Bonchev–Trinajstić information content (AvgIpc) is 2.87. The Morgan fingerprint density at radius 1 is 1.21 bits per heavy atom. The first kappa shape index (κ1) is 9.58. The third-order valence-electron chi connectivity index (χ3n) is 1.91. The number of rotatable bonds is 3. The lowest BCUT2D eigenvalue weighted by Crippen LogP contribution is -2.10. The van der Waals surface area contributed by atoms with Crippen molar-refractivity contribution in [2.24, 2.45) is 0 Å². The maximum atomic E-state index is 11.7. The maximum absolute atomic E-state index is 11.7. The molecule has 1 atom stereocenters. The number of ketones is 1. The summed E-state index contributed by atoms with van der Waals surface area (Å²) in [7, 11) is 0. The summed E-state index contributed by atoms with van der Waals surface area (Å²) in [5.41, 5.74) is 1.25. The van der Waals surface area contributed by atoms with Crippen LogP contribution in [0.4, 0.5) is 0 Å². The van der Waals surface area contributed by atoms with E-state index in [1.54, 1.807) is 22.9 Å². The van der Waals surface area contributed by atoms with Gasteiger partial charge in [0.1, 0.15) is 6.10 Å². The van der Waals surface area contributed by atoms with Gasteiger partial charge in [0.25, 0.3) is 0 Å². The van der Waals surface area contributed by atoms with Gasteiger partial charge in [-0.3, -0.25) is 4.79 Å². The van der Waals surface area contributed by atoms with E-state index in [4.69, 9.17) is 0 Å². The highest BCUT2D eigenvalue weighted by atomic mass is 32.1. The fraction of sp³-hybridized carbons (Fsp3) is 0.100. The minimum Gasteiger partial charge on any atom is -0.380 e. The lowest BCUT2D eigenvalue weighted by Gasteiger charge is -2.05. The van der Waals surface area contributed by atoms with Gasteiger partial charge < -0.3 is 5.11 Å². The van der Waals surface area contributed by atoms with E-state index >= 15 is 0 Å². The number of Topliss-reactive ketones (excluding diaryl/α,β-unsaturated/α-hetero) is 1. The summed E-state index contributed by atoms with van der Waals surface area (Å²) in [4.78, 5) is 11.7. The van der Waals surface area contributed by atoms with Crippen LogP contribution in [0.15, 0.2) is 33.7 Å². The van der Waals surface area contributed by atoms with E-state index in [9.17, 15) is 9.90 Å². The molecule has 0 aliphatic heterocycles. The van der Waals surface area contributed by atoms with Gasteiger partial charge in [0.15, 0.2) is 5.78 Å². The number of carbonyl (C=O) groups is 1. The van der Waals surface area contributed by atoms with E-state index in [-0.39, 0.29) is 5.78 Å². The molecule has 0 saturated carbocycles. The lowest BCUT2D eigenvalue weighted by molar-refractivity contribution is 0.0749. The van der Waals surface area contributed by atoms with Gasteiger partial charge in [-0.05, 0) is 33.8 Å². The van der Waals surface area contributed by atoms with Crippen LogP contribution in [0.1, 0.15) is 22.0 Å². The van der Waals surface area contributed by atoms with Crippen LogP contribution in [0.5, 0.6) is 0 Å². The largest absolute Gasteiger partial charge is 0.380 e. The molecule has 2 aromatic rings. The van der Waals surface area contributed by atoms with Crippen molar-refractivity contribution in [1.82, 2.24) is 0 Å². The Kier molecular flexibility index (Phi) is 2.77. The summed E-state index contributed by atoms with van der Waals surface area (Å²) in [6.45, 7) is 0. The van der Waals surface area contributed by atoms with Gasteiger partial charge in [0.05, 0.1) is 0 Å². The number of carbonyl (C=O) groups excluding carboxylic acids is 1. The van der Waals surface area contributed by atoms with E-state index in [1.807, 2.05) is 10.8 Å². The summed E-state index contributed by atoms with van der Waals surface area (Å²) in [5, 5.41) is 16.9. The molecule has 0 spiro atoms. The minimum atomic E-state index is -1.02. The Morgan fingerprint density at radius 2 is 1.93 bits per heavy atom. The predicted molar refractivity (Wildman–Crippen MR) is 57.9 cm³/mol. The molecule has 0 amide bonds. The zero-order valence-corrected chi connectivity index (χ0v) is 8.85. The molecule has 0 fully saturated rings. The van der Waals surface area contributed by atoms with Crippen molar-refractivity contribution in [2.45, 2.75) is 6.10 Å². The number of thiophene rings is 2. The number of hydrogen-bond acceptors (Lipinski definition) is 4. The predicted octanol–water partition coefficient (Wildman–Crippen LogP) is 2.73. The molecule has 2 heterocycles. The monoisotopic (exact) mass is 224 g/mol. The highest BCUT2D eigenvalue weighted by Gasteiger charge is 2.19. The molecule has 1 N–H and O–H groups in total. The zero-order chi connectivity index (χ0) is 9.97. The molecule has 0 aliphatic carbocycles. The van der Waals surface area contributed by atoms with Gasteiger partial charge >= 0.3 is 0 Å². The van der Waals surface area contributed by atoms with Gasteiger partial charge in [-0.15, -0.1) is 0 Å². The van der Waals surface area contributed by atoms with E-state index in [1.165, 1.54) is 22.7 Å². The Balaban J connectivity index is 2.21. The summed E-state index contributed by atoms with van der Waals surface area (Å²) >= 11 is 2.93. The van der Waals surface area contributed by atoms with Gasteiger partial charge in [0.2, 0.25) is 0 Å². The third kappa shape index (κ3) is 1.77. The number of aliphatic hydroxyl groups is 1. The van der Waals surface area contributed by atoms with Crippen LogP contribution in [-0.4, -0.2) is 10.9 Å². The van der Waals surface area contributed by atoms with Crippen LogP contribution in [0.2, 0.25) is 0 Å². The van der Waals surface area contributed by atoms with Crippen molar-refractivity contribution in [3.05, 3.63) is 44.8 Å². The second kappa shape index (κ2) is 4.04. The van der Waals surface area contributed by atoms with E-state index in [0.29, 0.717) is 11.1 Å². The number of hydrogen-bond donors (Lipinski definition) is 1. The summed E-state index contributed by atoms with van der Waals surface area (Å²) < 4.78 is 0. The van der Waals surface area contributed by atoms with Gasteiger partial charge in [-0.2, -0.15) is 22.7 Å². The third-order valence-corrected chi connectivity index (χ3v) is 3.30. The van der Waals surface area contributed by atoms with Crippen molar-refractivity contribution < 1.29 is 9.90 Å². The quantitative estimate of drug-likeness (QED) is 0.814. The molecular weight excluding hydrogens is 216 g/mol. The van der Waals surface area contributed by atoms with Crippen LogP contribution in [-0.2, 0) is 0 Å². The second-order valence-electron chi connectivity index (χ2n) is 2.84. The molecule has 2 aromatic heterocycles. The zero-order valence-electron chi connectivity index (χ0n) is 7.21. The fourth-order valence-electron chi connectivity index (χ4n) is 1.14. The van der Waals surface area contributed by atoms with Gasteiger partial charge in [-0.1, -0.05) is 0 Å². The smallest absolute Gasteiger partial charge is 0.196 e. The van der Waals surface area contributed by atoms with Crippen LogP contribution in [0, 0.1) is 0 Å². The minimum absolute atomic E-state index is 0.232. The fourth-order valence-corrected chi connectivity index (χ4v) is 2.47. The maximum Gasteiger partial charge on any atom is 0.196 e. The molecule has 2 nitrogen and oxygen atoms in total. The SMILES string of the molecule is O=C(c1ccsc1)[C@@H](O)c1ccsc1. The summed E-state index contributed by atoms with van der Waals surface area (Å²) in [5.74, 6) is -0.232. The number of aliphatic hydroxyl groups excluding tert-OH is 1. The standard InChI is InChI=1S/C10H8O2S2/c11-9(7-1-3-13-5-7)10(12)8-2-4-14-6-8/h1-6,9,11H/t9-/m0/s1. The molecule has 0 radical (unpaired) electrons. The van der Waals surface area contributed by atoms with Crippen LogP contribution in [0.25, 0.3) is 0 Å². The molecule has 2 rings (SSSR count). The molecular formula is C10H8O2S2. The molecule has 0 bridgehead atoms. The highest BCUT2D eigenvalue weighted by molar-refractivity contribution is 7.08. The molecule has 0 aliphatic rings. The normalized spacial score (nSPS) is 12.6. The first-order chi connectivity index (χ1) is 6.79. The van der Waals surface area contributed by atoms with Gasteiger partial charge in [-0.25, -0.2) is 0 Å². The molecule has 72 valence electrons. The van der Waals surface area contributed by atoms with Crippen molar-refractivity contribution in [2.75, 3.05) is 0 Å². The second-order valence-corrected chi connectivity index (χ2v) is 4.40. The van der Waals surface area contributed by atoms with Crippen molar-refractivity contribution in [3.63, 3.8) is 0 Å². The Morgan fingerprint density at radius 3 is 2.50 bits per heavy atom. The van der Waals surface area contributed by atoms with Gasteiger partial charge in [0, 0.05) is 10.9 Å². The van der Waals surface area contributed by atoms with Crippen LogP contribution < -0.4 is 0 Å². The highest BCUT2D eigenvalue weighted by Crippen LogP contribution is 2.21. The van der Waals surface area contributed by atoms with Crippen molar-refractivity contribution in [1.29, 1.82) is 0 Å². The van der Waals surface area contributed by atoms with E-state index < -0.39 is 6.10 Å². The van der Waals surface area contributed by atoms with Crippen LogP contribution >= 0.6 is 22.7 Å². The molecule has 0 aromatic carbocycles. The molecule has 0 saturated heterocycles. The Labute approximate surface area is 89.5 Å². The lowest BCUT2D eigenvalue weighted by atomic mass is 10.1. The first-order valence-corrected chi connectivity index (χ1v) is 5.94. The Bertz CT molecular complexity index is 403. The van der Waals surface area contributed by atoms with Crippen LogP contribution in [0.3, 0.4) is 0 Å². The van der Waals surface area contributed by atoms with E-state index in [0.717, 1.165) is 0 Å². The first-order valence-electron chi connectivity index (χ1n) is 4.05. The average molecular weight is 224 g/mol. The van der Waals surface area contributed by atoms with Crippen molar-refractivity contribution >= 4 is 28.5 Å². The molecule has 14 heavy (non-hydrogen) atoms. The molecule has 4 heteroatoms. The van der Waals surface area contributed by atoms with E-state index in [2.05, 4.69) is 0 Å². The summed E-state index contributed by atoms with van der Waals surface area (Å²) in [6, 6.07) is 3.49.